The van der Waals surface area contributed by atoms with Crippen molar-refractivity contribution in [3.8, 4) is 5.75 Å². The summed E-state index contributed by atoms with van der Waals surface area (Å²) in [7, 11) is 1.74. The number of para-hydroxylation sites is 1. The highest BCUT2D eigenvalue weighted by molar-refractivity contribution is 5.66. The number of hydrogen-bond acceptors (Lipinski definition) is 2. The van der Waals surface area contributed by atoms with Gasteiger partial charge in [-0.2, -0.15) is 0 Å². The van der Waals surface area contributed by atoms with E-state index in [1.165, 1.54) is 30.5 Å². The summed E-state index contributed by atoms with van der Waals surface area (Å²) in [6.07, 6.45) is 3.89. The molecule has 2 rings (SSSR count). The topological polar surface area (TPSA) is 21.3 Å². The molecule has 1 aromatic rings. The number of anilines is 1. The van der Waals surface area contributed by atoms with Crippen molar-refractivity contribution in [3.05, 3.63) is 23.8 Å². The Kier molecular flexibility index (Phi) is 3.93. The normalized spacial score (nSPS) is 19.6. The summed E-state index contributed by atoms with van der Waals surface area (Å²) < 4.78 is 5.40. The van der Waals surface area contributed by atoms with Gasteiger partial charge in [-0.1, -0.05) is 38.8 Å². The number of nitrogens with one attached hydrogen (secondary N) is 1. The van der Waals surface area contributed by atoms with E-state index < -0.39 is 0 Å². The first-order valence-corrected chi connectivity index (χ1v) is 6.67. The maximum atomic E-state index is 5.40. The molecule has 2 heteroatoms. The molecule has 0 bridgehead atoms. The van der Waals surface area contributed by atoms with E-state index in [1.54, 1.807) is 7.11 Å². The summed E-state index contributed by atoms with van der Waals surface area (Å²) in [5, 5.41) is 3.49. The van der Waals surface area contributed by atoms with E-state index >= 15 is 0 Å². The number of benzene rings is 1. The molecule has 0 amide bonds. The van der Waals surface area contributed by atoms with Crippen molar-refractivity contribution in [1.29, 1.82) is 0 Å². The lowest BCUT2D eigenvalue weighted by Gasteiger charge is -2.16. The van der Waals surface area contributed by atoms with Crippen molar-refractivity contribution in [2.45, 2.75) is 39.0 Å². The molecule has 94 valence electrons. The van der Waals surface area contributed by atoms with Crippen molar-refractivity contribution in [2.24, 2.45) is 5.92 Å². The molecular formula is C15H23NO. The summed E-state index contributed by atoms with van der Waals surface area (Å²) >= 11 is 0. The van der Waals surface area contributed by atoms with Crippen molar-refractivity contribution >= 4 is 5.69 Å². The molecule has 2 unspecified atom stereocenters. The van der Waals surface area contributed by atoms with Gasteiger partial charge in [-0.15, -0.1) is 0 Å². The van der Waals surface area contributed by atoms with E-state index in [-0.39, 0.29) is 0 Å². The fourth-order valence-electron chi connectivity index (χ4n) is 2.89. The third-order valence-electron chi connectivity index (χ3n) is 3.71. The van der Waals surface area contributed by atoms with Gasteiger partial charge in [0.2, 0.25) is 0 Å². The molecule has 0 saturated heterocycles. The Morgan fingerprint density at radius 3 is 3.00 bits per heavy atom. The van der Waals surface area contributed by atoms with Crippen molar-refractivity contribution < 1.29 is 4.74 Å². The van der Waals surface area contributed by atoms with E-state index in [1.807, 2.05) is 6.07 Å². The quantitative estimate of drug-likeness (QED) is 0.829. The maximum Gasteiger partial charge on any atom is 0.142 e. The highest BCUT2D eigenvalue weighted by Gasteiger charge is 2.25. The standard InChI is InChI=1S/C15H23NO/c1-4-6-11(2)9-12-10-16-15-13(12)7-5-8-14(15)17-3/h5,7-8,11-12,16H,4,6,9-10H2,1-3H3. The SMILES string of the molecule is CCCC(C)CC1CNc2c(OC)cccc21. The zero-order valence-electron chi connectivity index (χ0n) is 11.1. The zero-order chi connectivity index (χ0) is 12.3. The Morgan fingerprint density at radius 1 is 1.47 bits per heavy atom. The van der Waals surface area contributed by atoms with Gasteiger partial charge in [0.25, 0.3) is 0 Å². The molecule has 2 atom stereocenters. The van der Waals surface area contributed by atoms with Crippen molar-refractivity contribution in [1.82, 2.24) is 0 Å². The molecule has 0 radical (unpaired) electrons. The molecule has 1 aromatic carbocycles. The maximum absolute atomic E-state index is 5.40. The predicted molar refractivity (Wildman–Crippen MR) is 72.9 cm³/mol. The Balaban J connectivity index is 2.11. The summed E-state index contributed by atoms with van der Waals surface area (Å²) in [5.41, 5.74) is 2.65. The third-order valence-corrected chi connectivity index (χ3v) is 3.71. The van der Waals surface area contributed by atoms with Gasteiger partial charge in [-0.3, -0.25) is 0 Å². The number of ether oxygens (including phenoxy) is 1. The van der Waals surface area contributed by atoms with Gasteiger partial charge in [0, 0.05) is 12.5 Å². The molecule has 17 heavy (non-hydrogen) atoms. The Morgan fingerprint density at radius 2 is 2.29 bits per heavy atom. The largest absolute Gasteiger partial charge is 0.495 e. The van der Waals surface area contributed by atoms with E-state index in [4.69, 9.17) is 4.74 Å². The molecular weight excluding hydrogens is 210 g/mol. The van der Waals surface area contributed by atoms with E-state index in [2.05, 4.69) is 31.3 Å². The minimum absolute atomic E-state index is 0.654. The predicted octanol–water partition coefficient (Wildman–Crippen LogP) is 4.03. The lowest BCUT2D eigenvalue weighted by molar-refractivity contribution is 0.416. The Hall–Kier alpha value is -1.18. The van der Waals surface area contributed by atoms with Gasteiger partial charge in [-0.25, -0.2) is 0 Å². The minimum atomic E-state index is 0.654. The van der Waals surface area contributed by atoms with Crippen LogP contribution in [0.3, 0.4) is 0 Å². The Labute approximate surface area is 104 Å². The molecule has 2 nitrogen and oxygen atoms in total. The first-order chi connectivity index (χ1) is 8.26. The van der Waals surface area contributed by atoms with Crippen LogP contribution in [-0.4, -0.2) is 13.7 Å². The van der Waals surface area contributed by atoms with E-state index in [9.17, 15) is 0 Å². The third kappa shape index (κ3) is 2.56. The average Bonchev–Trinajstić information content (AvgIpc) is 2.73. The summed E-state index contributed by atoms with van der Waals surface area (Å²) in [6, 6.07) is 6.37. The molecule has 0 fully saturated rings. The fourth-order valence-corrected chi connectivity index (χ4v) is 2.89. The van der Waals surface area contributed by atoms with Crippen LogP contribution < -0.4 is 10.1 Å². The first-order valence-electron chi connectivity index (χ1n) is 6.67. The molecule has 0 saturated carbocycles. The highest BCUT2D eigenvalue weighted by atomic mass is 16.5. The second-order valence-corrected chi connectivity index (χ2v) is 5.13. The van der Waals surface area contributed by atoms with Gasteiger partial charge in [-0.05, 0) is 24.0 Å². The molecule has 1 heterocycles. The highest BCUT2D eigenvalue weighted by Crippen LogP contribution is 2.41. The zero-order valence-corrected chi connectivity index (χ0v) is 11.1. The van der Waals surface area contributed by atoms with Crippen LogP contribution in [0, 0.1) is 5.92 Å². The molecule has 1 aliphatic rings. The molecule has 1 aliphatic heterocycles. The van der Waals surface area contributed by atoms with Crippen LogP contribution in [0.5, 0.6) is 5.75 Å². The molecule has 0 aliphatic carbocycles. The van der Waals surface area contributed by atoms with Crippen LogP contribution in [0.1, 0.15) is 44.6 Å². The second kappa shape index (κ2) is 5.44. The van der Waals surface area contributed by atoms with Crippen LogP contribution >= 0.6 is 0 Å². The smallest absolute Gasteiger partial charge is 0.142 e. The molecule has 0 aromatic heterocycles. The summed E-state index contributed by atoms with van der Waals surface area (Å²) in [5.74, 6) is 2.44. The monoisotopic (exact) mass is 233 g/mol. The first kappa shape index (κ1) is 12.3. The van der Waals surface area contributed by atoms with Crippen LogP contribution in [0.4, 0.5) is 5.69 Å². The van der Waals surface area contributed by atoms with Crippen LogP contribution in [-0.2, 0) is 0 Å². The Bertz CT molecular complexity index is 375. The van der Waals surface area contributed by atoms with Crippen molar-refractivity contribution in [2.75, 3.05) is 19.0 Å². The number of rotatable bonds is 5. The fraction of sp³-hybridized carbons (Fsp3) is 0.600. The van der Waals surface area contributed by atoms with Crippen molar-refractivity contribution in [3.63, 3.8) is 0 Å². The van der Waals surface area contributed by atoms with Crippen LogP contribution in [0.2, 0.25) is 0 Å². The lowest BCUT2D eigenvalue weighted by atomic mass is 9.89. The lowest BCUT2D eigenvalue weighted by Crippen LogP contribution is -2.07. The summed E-state index contributed by atoms with van der Waals surface area (Å²) in [6.45, 7) is 5.69. The van der Waals surface area contributed by atoms with Gasteiger partial charge in [0.1, 0.15) is 5.75 Å². The summed E-state index contributed by atoms with van der Waals surface area (Å²) in [4.78, 5) is 0. The van der Waals surface area contributed by atoms with E-state index in [0.29, 0.717) is 5.92 Å². The van der Waals surface area contributed by atoms with Gasteiger partial charge < -0.3 is 10.1 Å². The number of hydrogen-bond donors (Lipinski definition) is 1. The van der Waals surface area contributed by atoms with Gasteiger partial charge in [0.05, 0.1) is 12.8 Å². The minimum Gasteiger partial charge on any atom is -0.495 e. The second-order valence-electron chi connectivity index (χ2n) is 5.13. The molecule has 1 N–H and O–H groups in total. The number of methoxy groups -OCH3 is 1. The van der Waals surface area contributed by atoms with Crippen LogP contribution in [0.15, 0.2) is 18.2 Å². The van der Waals surface area contributed by atoms with Gasteiger partial charge in [0.15, 0.2) is 0 Å². The van der Waals surface area contributed by atoms with E-state index in [0.717, 1.165) is 18.2 Å². The number of fused-ring (bicyclic) bond motifs is 1. The van der Waals surface area contributed by atoms with Crippen LogP contribution in [0.25, 0.3) is 0 Å². The van der Waals surface area contributed by atoms with Gasteiger partial charge >= 0.3 is 0 Å². The average molecular weight is 233 g/mol. The molecule has 0 spiro atoms.